The Morgan fingerprint density at radius 2 is 2.12 bits per heavy atom. The van der Waals surface area contributed by atoms with Crippen LogP contribution < -0.4 is 11.1 Å². The van der Waals surface area contributed by atoms with Gasteiger partial charge < -0.3 is 11.1 Å². The summed E-state index contributed by atoms with van der Waals surface area (Å²) < 4.78 is 0. The number of primary amides is 1. The first-order chi connectivity index (χ1) is 8.12. The van der Waals surface area contributed by atoms with Crippen LogP contribution in [0.4, 0.5) is 0 Å². The Morgan fingerprint density at radius 1 is 1.41 bits per heavy atom. The summed E-state index contributed by atoms with van der Waals surface area (Å²) in [6, 6.07) is 8.46. The van der Waals surface area contributed by atoms with Gasteiger partial charge in [0.15, 0.2) is 0 Å². The molecule has 1 aromatic rings. The van der Waals surface area contributed by atoms with Crippen molar-refractivity contribution in [1.29, 1.82) is 0 Å². The number of carbonyl (C=O) groups excluding carboxylic acids is 1. The van der Waals surface area contributed by atoms with E-state index in [1.165, 1.54) is 11.1 Å². The highest BCUT2D eigenvalue weighted by Gasteiger charge is 2.38. The van der Waals surface area contributed by atoms with Crippen LogP contribution in [0.15, 0.2) is 24.3 Å². The average Bonchev–Trinajstić information content (AvgIpc) is 2.78. The van der Waals surface area contributed by atoms with Crippen LogP contribution in [0.3, 0.4) is 0 Å². The predicted octanol–water partition coefficient (Wildman–Crippen LogP) is 1.54. The molecule has 3 N–H and O–H groups in total. The highest BCUT2D eigenvalue weighted by molar-refractivity contribution is 5.85. The first-order valence-electron chi connectivity index (χ1n) is 6.23. The van der Waals surface area contributed by atoms with Gasteiger partial charge in [-0.1, -0.05) is 29.8 Å². The lowest BCUT2D eigenvalue weighted by Crippen LogP contribution is -2.51. The average molecular weight is 232 g/mol. The van der Waals surface area contributed by atoms with Crippen LogP contribution in [0, 0.1) is 6.92 Å². The molecule has 0 radical (unpaired) electrons. The number of hydrogen-bond acceptors (Lipinski definition) is 2. The van der Waals surface area contributed by atoms with Crippen molar-refractivity contribution in [3.05, 3.63) is 35.4 Å². The van der Waals surface area contributed by atoms with Crippen LogP contribution in [0.2, 0.25) is 0 Å². The second kappa shape index (κ2) is 4.88. The molecule has 1 heterocycles. The SMILES string of the molecule is Cc1ccc(CCC2(C(N)=O)CCCN2)cc1. The van der Waals surface area contributed by atoms with E-state index in [1.54, 1.807) is 0 Å². The van der Waals surface area contributed by atoms with Gasteiger partial charge in [0.05, 0.1) is 5.54 Å². The largest absolute Gasteiger partial charge is 0.368 e. The van der Waals surface area contributed by atoms with Crippen molar-refractivity contribution >= 4 is 5.91 Å². The molecule has 1 unspecified atom stereocenters. The molecule has 1 amide bonds. The molecule has 0 spiro atoms. The zero-order valence-electron chi connectivity index (χ0n) is 10.3. The maximum Gasteiger partial charge on any atom is 0.237 e. The number of amides is 1. The zero-order chi connectivity index (χ0) is 12.3. The molecule has 3 heteroatoms. The van der Waals surface area contributed by atoms with E-state index in [4.69, 9.17) is 5.73 Å². The molecular formula is C14H20N2O. The van der Waals surface area contributed by atoms with Crippen molar-refractivity contribution < 1.29 is 4.79 Å². The molecule has 0 bridgehead atoms. The molecule has 1 atom stereocenters. The molecule has 0 aromatic heterocycles. The maximum absolute atomic E-state index is 11.6. The quantitative estimate of drug-likeness (QED) is 0.827. The Balaban J connectivity index is 2.00. The van der Waals surface area contributed by atoms with E-state index in [0.29, 0.717) is 0 Å². The lowest BCUT2D eigenvalue weighted by Gasteiger charge is -2.25. The molecule has 1 aliphatic heterocycles. The molecule has 1 fully saturated rings. The van der Waals surface area contributed by atoms with Crippen LogP contribution >= 0.6 is 0 Å². The standard InChI is InChI=1S/C14H20N2O/c1-11-3-5-12(6-4-11)7-9-14(13(15)17)8-2-10-16-14/h3-6,16H,2,7-10H2,1H3,(H2,15,17). The summed E-state index contributed by atoms with van der Waals surface area (Å²) in [5.74, 6) is -0.206. The van der Waals surface area contributed by atoms with E-state index in [9.17, 15) is 4.79 Å². The van der Waals surface area contributed by atoms with Gasteiger partial charge in [-0.25, -0.2) is 0 Å². The molecule has 0 aliphatic carbocycles. The first-order valence-corrected chi connectivity index (χ1v) is 6.23. The van der Waals surface area contributed by atoms with E-state index in [-0.39, 0.29) is 5.91 Å². The van der Waals surface area contributed by atoms with Gasteiger partial charge in [0, 0.05) is 0 Å². The van der Waals surface area contributed by atoms with Crippen molar-refractivity contribution in [2.45, 2.75) is 38.1 Å². The van der Waals surface area contributed by atoms with Crippen molar-refractivity contribution in [3.63, 3.8) is 0 Å². The third-order valence-electron chi connectivity index (χ3n) is 3.68. The van der Waals surface area contributed by atoms with E-state index >= 15 is 0 Å². The number of carbonyl (C=O) groups is 1. The second-order valence-electron chi connectivity index (χ2n) is 4.96. The van der Waals surface area contributed by atoms with E-state index < -0.39 is 5.54 Å². The fourth-order valence-electron chi connectivity index (χ4n) is 2.47. The zero-order valence-corrected chi connectivity index (χ0v) is 10.3. The Kier molecular flexibility index (Phi) is 3.48. The maximum atomic E-state index is 11.6. The van der Waals surface area contributed by atoms with E-state index in [2.05, 4.69) is 36.5 Å². The number of aryl methyl sites for hydroxylation is 2. The third kappa shape index (κ3) is 2.67. The summed E-state index contributed by atoms with van der Waals surface area (Å²) in [6.07, 6.45) is 3.60. The van der Waals surface area contributed by atoms with Gasteiger partial charge in [-0.15, -0.1) is 0 Å². The van der Waals surface area contributed by atoms with Crippen LogP contribution in [-0.2, 0) is 11.2 Å². The number of benzene rings is 1. The minimum atomic E-state index is -0.467. The van der Waals surface area contributed by atoms with Crippen molar-refractivity contribution in [1.82, 2.24) is 5.32 Å². The van der Waals surface area contributed by atoms with Gasteiger partial charge >= 0.3 is 0 Å². The smallest absolute Gasteiger partial charge is 0.237 e. The summed E-state index contributed by atoms with van der Waals surface area (Å²) in [7, 11) is 0. The molecule has 17 heavy (non-hydrogen) atoms. The predicted molar refractivity (Wildman–Crippen MR) is 68.7 cm³/mol. The summed E-state index contributed by atoms with van der Waals surface area (Å²) in [6.45, 7) is 2.98. The molecule has 0 saturated carbocycles. The molecule has 1 aliphatic rings. The molecule has 2 rings (SSSR count). The monoisotopic (exact) mass is 232 g/mol. The second-order valence-corrected chi connectivity index (χ2v) is 4.96. The van der Waals surface area contributed by atoms with Crippen LogP contribution in [0.1, 0.15) is 30.4 Å². The first kappa shape index (κ1) is 12.1. The Labute approximate surface area is 102 Å². The van der Waals surface area contributed by atoms with Crippen molar-refractivity contribution in [3.8, 4) is 0 Å². The fraction of sp³-hybridized carbons (Fsp3) is 0.500. The Morgan fingerprint density at radius 3 is 2.65 bits per heavy atom. The van der Waals surface area contributed by atoms with Gasteiger partial charge in [0.2, 0.25) is 5.91 Å². The van der Waals surface area contributed by atoms with Crippen molar-refractivity contribution in [2.75, 3.05) is 6.54 Å². The van der Waals surface area contributed by atoms with Gasteiger partial charge in [-0.05, 0) is 44.7 Å². The fourth-order valence-corrected chi connectivity index (χ4v) is 2.47. The lowest BCUT2D eigenvalue weighted by atomic mass is 9.89. The minimum Gasteiger partial charge on any atom is -0.368 e. The molecule has 92 valence electrons. The van der Waals surface area contributed by atoms with E-state index in [1.807, 2.05) is 0 Å². The van der Waals surface area contributed by atoms with Crippen molar-refractivity contribution in [2.24, 2.45) is 5.73 Å². The molecule has 1 aromatic carbocycles. The van der Waals surface area contributed by atoms with Crippen LogP contribution in [0.5, 0.6) is 0 Å². The van der Waals surface area contributed by atoms with Crippen LogP contribution in [-0.4, -0.2) is 18.0 Å². The summed E-state index contributed by atoms with van der Waals surface area (Å²) in [4.78, 5) is 11.6. The third-order valence-corrected chi connectivity index (χ3v) is 3.68. The molecular weight excluding hydrogens is 212 g/mol. The summed E-state index contributed by atoms with van der Waals surface area (Å²) in [5, 5.41) is 3.28. The minimum absolute atomic E-state index is 0.206. The number of hydrogen-bond donors (Lipinski definition) is 2. The summed E-state index contributed by atoms with van der Waals surface area (Å²) >= 11 is 0. The Bertz CT molecular complexity index is 391. The highest BCUT2D eigenvalue weighted by Crippen LogP contribution is 2.24. The molecule has 1 saturated heterocycles. The number of nitrogens with one attached hydrogen (secondary N) is 1. The topological polar surface area (TPSA) is 55.1 Å². The number of rotatable bonds is 4. The van der Waals surface area contributed by atoms with Gasteiger partial charge in [-0.2, -0.15) is 0 Å². The van der Waals surface area contributed by atoms with Crippen LogP contribution in [0.25, 0.3) is 0 Å². The lowest BCUT2D eigenvalue weighted by molar-refractivity contribution is -0.124. The molecule has 3 nitrogen and oxygen atoms in total. The Hall–Kier alpha value is -1.35. The van der Waals surface area contributed by atoms with Gasteiger partial charge in [0.25, 0.3) is 0 Å². The summed E-state index contributed by atoms with van der Waals surface area (Å²) in [5.41, 5.74) is 7.58. The van der Waals surface area contributed by atoms with E-state index in [0.717, 1.165) is 32.2 Å². The number of nitrogens with two attached hydrogens (primary N) is 1. The normalized spacial score (nSPS) is 23.8. The van der Waals surface area contributed by atoms with Gasteiger partial charge in [0.1, 0.15) is 0 Å². The van der Waals surface area contributed by atoms with Gasteiger partial charge in [-0.3, -0.25) is 4.79 Å². The highest BCUT2D eigenvalue weighted by atomic mass is 16.1.